The summed E-state index contributed by atoms with van der Waals surface area (Å²) in [6.07, 6.45) is 2.60. The summed E-state index contributed by atoms with van der Waals surface area (Å²) < 4.78 is 8.26. The van der Waals surface area contributed by atoms with Gasteiger partial charge in [-0.1, -0.05) is 39.0 Å². The number of carbonyl (C=O) groups excluding carboxylic acids is 1. The van der Waals surface area contributed by atoms with Gasteiger partial charge in [-0.3, -0.25) is 4.79 Å². The van der Waals surface area contributed by atoms with Gasteiger partial charge in [0, 0.05) is 24.9 Å². The van der Waals surface area contributed by atoms with Gasteiger partial charge in [-0.25, -0.2) is 4.98 Å². The van der Waals surface area contributed by atoms with Crippen LogP contribution in [0.4, 0.5) is 0 Å². The second-order valence-electron chi connectivity index (χ2n) is 9.23. The molecule has 0 saturated carbocycles. The van der Waals surface area contributed by atoms with Gasteiger partial charge in [0.1, 0.15) is 11.6 Å². The Morgan fingerprint density at radius 1 is 1.06 bits per heavy atom. The van der Waals surface area contributed by atoms with Gasteiger partial charge in [0.25, 0.3) is 0 Å². The number of hydrogen-bond acceptors (Lipinski definition) is 3. The number of nitrogens with zero attached hydrogens (tertiary/aromatic N) is 2. The van der Waals surface area contributed by atoms with Crippen LogP contribution in [0.3, 0.4) is 0 Å². The van der Waals surface area contributed by atoms with E-state index in [4.69, 9.17) is 9.72 Å². The van der Waals surface area contributed by atoms with Gasteiger partial charge < -0.3 is 14.6 Å². The molecular formula is C26H35N3O2. The number of carbonyl (C=O) groups is 1. The number of nitrogens with one attached hydrogen (secondary N) is 1. The van der Waals surface area contributed by atoms with E-state index in [1.807, 2.05) is 32.9 Å². The Balaban J connectivity index is 1.58. The molecule has 0 unspecified atom stereocenters. The third-order valence-electron chi connectivity index (χ3n) is 5.55. The van der Waals surface area contributed by atoms with Crippen molar-refractivity contribution in [3.63, 3.8) is 0 Å². The number of aryl methyl sites for hydroxylation is 4. The fourth-order valence-corrected chi connectivity index (χ4v) is 3.50. The lowest BCUT2D eigenvalue weighted by molar-refractivity contribution is -0.128. The molecule has 0 aliphatic heterocycles. The largest absolute Gasteiger partial charge is 0.494 e. The molecule has 0 bridgehead atoms. The minimum Gasteiger partial charge on any atom is -0.494 e. The smallest absolute Gasteiger partial charge is 0.225 e. The van der Waals surface area contributed by atoms with Crippen molar-refractivity contribution >= 4 is 16.9 Å². The zero-order chi connectivity index (χ0) is 22.4. The number of hydrogen-bond donors (Lipinski definition) is 1. The Kier molecular flexibility index (Phi) is 7.37. The zero-order valence-corrected chi connectivity index (χ0v) is 19.5. The minimum atomic E-state index is -0.358. The van der Waals surface area contributed by atoms with Crippen molar-refractivity contribution in [3.05, 3.63) is 59.4 Å². The monoisotopic (exact) mass is 421 g/mol. The average molecular weight is 422 g/mol. The first-order chi connectivity index (χ1) is 14.8. The molecule has 1 amide bonds. The fourth-order valence-electron chi connectivity index (χ4n) is 3.50. The van der Waals surface area contributed by atoms with Gasteiger partial charge in [0.2, 0.25) is 5.91 Å². The SMILES string of the molecule is Cc1ccc(OCCCn2c(CCCNC(=O)C(C)(C)C)nc3ccccc32)cc1C. The third-order valence-corrected chi connectivity index (χ3v) is 5.55. The summed E-state index contributed by atoms with van der Waals surface area (Å²) in [7, 11) is 0. The maximum atomic E-state index is 12.1. The lowest BCUT2D eigenvalue weighted by atomic mass is 9.96. The molecule has 2 aromatic carbocycles. The molecule has 1 aromatic heterocycles. The lowest BCUT2D eigenvalue weighted by Gasteiger charge is -2.17. The number of benzene rings is 2. The van der Waals surface area contributed by atoms with Crippen LogP contribution < -0.4 is 10.1 Å². The van der Waals surface area contributed by atoms with Crippen LogP contribution >= 0.6 is 0 Å². The van der Waals surface area contributed by atoms with Crippen LogP contribution in [-0.4, -0.2) is 28.6 Å². The summed E-state index contributed by atoms with van der Waals surface area (Å²) in [6, 6.07) is 14.5. The third kappa shape index (κ3) is 6.09. The van der Waals surface area contributed by atoms with E-state index < -0.39 is 0 Å². The highest BCUT2D eigenvalue weighted by molar-refractivity contribution is 5.81. The molecule has 0 atom stereocenters. The van der Waals surface area contributed by atoms with Crippen LogP contribution in [0.15, 0.2) is 42.5 Å². The molecular weight excluding hydrogens is 386 g/mol. The lowest BCUT2D eigenvalue weighted by Crippen LogP contribution is -2.35. The fraction of sp³-hybridized carbons (Fsp3) is 0.462. The van der Waals surface area contributed by atoms with Gasteiger partial charge in [0.05, 0.1) is 17.6 Å². The van der Waals surface area contributed by atoms with Crippen molar-refractivity contribution in [2.75, 3.05) is 13.2 Å². The molecule has 0 saturated heterocycles. The summed E-state index contributed by atoms with van der Waals surface area (Å²) in [5.74, 6) is 2.08. The van der Waals surface area contributed by atoms with E-state index in [1.54, 1.807) is 0 Å². The van der Waals surface area contributed by atoms with E-state index in [0.717, 1.165) is 48.4 Å². The topological polar surface area (TPSA) is 56.1 Å². The van der Waals surface area contributed by atoms with Gasteiger partial charge in [-0.2, -0.15) is 0 Å². The van der Waals surface area contributed by atoms with Crippen LogP contribution in [0.25, 0.3) is 11.0 Å². The zero-order valence-electron chi connectivity index (χ0n) is 19.5. The molecule has 1 N–H and O–H groups in total. The highest BCUT2D eigenvalue weighted by Crippen LogP contribution is 2.19. The van der Waals surface area contributed by atoms with Crippen LogP contribution in [0.2, 0.25) is 0 Å². The van der Waals surface area contributed by atoms with Gasteiger partial charge in [0.15, 0.2) is 0 Å². The van der Waals surface area contributed by atoms with Crippen LogP contribution in [0, 0.1) is 19.3 Å². The van der Waals surface area contributed by atoms with E-state index in [2.05, 4.69) is 54.1 Å². The molecule has 5 nitrogen and oxygen atoms in total. The average Bonchev–Trinajstić information content (AvgIpc) is 3.07. The second-order valence-corrected chi connectivity index (χ2v) is 9.23. The number of aromatic nitrogens is 2. The van der Waals surface area contributed by atoms with Crippen molar-refractivity contribution < 1.29 is 9.53 Å². The number of para-hydroxylation sites is 2. The molecule has 0 fully saturated rings. The molecule has 0 radical (unpaired) electrons. The summed E-state index contributed by atoms with van der Waals surface area (Å²) in [5.41, 5.74) is 4.34. The summed E-state index contributed by atoms with van der Waals surface area (Å²) in [4.78, 5) is 16.9. The maximum Gasteiger partial charge on any atom is 0.225 e. The Labute approximate surface area is 185 Å². The summed E-state index contributed by atoms with van der Waals surface area (Å²) in [5, 5.41) is 3.03. The first-order valence-electron chi connectivity index (χ1n) is 11.2. The van der Waals surface area contributed by atoms with Crippen molar-refractivity contribution in [2.45, 2.75) is 60.4 Å². The van der Waals surface area contributed by atoms with E-state index in [9.17, 15) is 4.79 Å². The number of rotatable bonds is 9. The predicted octanol–water partition coefficient (Wildman–Crippen LogP) is 5.22. The highest BCUT2D eigenvalue weighted by atomic mass is 16.5. The standard InChI is InChI=1S/C26H35N3O2/c1-19-13-14-21(18-20(19)2)31-17-9-16-29-23-11-7-6-10-22(23)28-24(29)12-8-15-27-25(30)26(3,4)5/h6-7,10-11,13-14,18H,8-9,12,15-17H2,1-5H3,(H,27,30). The van der Waals surface area contributed by atoms with Crippen molar-refractivity contribution in [1.29, 1.82) is 0 Å². The Bertz CT molecular complexity index is 1030. The van der Waals surface area contributed by atoms with Crippen LogP contribution in [0.5, 0.6) is 5.75 Å². The summed E-state index contributed by atoms with van der Waals surface area (Å²) >= 11 is 0. The van der Waals surface area contributed by atoms with Crippen molar-refractivity contribution in [1.82, 2.24) is 14.9 Å². The minimum absolute atomic E-state index is 0.0875. The van der Waals surface area contributed by atoms with Crippen LogP contribution in [0.1, 0.15) is 50.6 Å². The van der Waals surface area contributed by atoms with Crippen LogP contribution in [-0.2, 0) is 17.8 Å². The Hall–Kier alpha value is -2.82. The van der Waals surface area contributed by atoms with Gasteiger partial charge in [-0.05, 0) is 62.1 Å². The molecule has 166 valence electrons. The molecule has 0 aliphatic carbocycles. The van der Waals surface area contributed by atoms with E-state index in [0.29, 0.717) is 13.2 Å². The maximum absolute atomic E-state index is 12.1. The first-order valence-corrected chi connectivity index (χ1v) is 11.2. The molecule has 3 aromatic rings. The second kappa shape index (κ2) is 9.99. The predicted molar refractivity (Wildman–Crippen MR) is 127 cm³/mol. The number of ether oxygens (including phenoxy) is 1. The quantitative estimate of drug-likeness (QED) is 0.482. The van der Waals surface area contributed by atoms with Gasteiger partial charge >= 0.3 is 0 Å². The normalized spacial score (nSPS) is 11.6. The van der Waals surface area contributed by atoms with E-state index in [-0.39, 0.29) is 11.3 Å². The summed E-state index contributed by atoms with van der Waals surface area (Å²) in [6.45, 7) is 12.2. The molecule has 0 aliphatic rings. The van der Waals surface area contributed by atoms with Crippen molar-refractivity contribution in [2.24, 2.45) is 5.41 Å². The first kappa shape index (κ1) is 22.9. The molecule has 0 spiro atoms. The molecule has 31 heavy (non-hydrogen) atoms. The number of fused-ring (bicyclic) bond motifs is 1. The van der Waals surface area contributed by atoms with E-state index >= 15 is 0 Å². The van der Waals surface area contributed by atoms with Gasteiger partial charge in [-0.15, -0.1) is 0 Å². The number of imidazole rings is 1. The molecule has 5 heteroatoms. The molecule has 1 heterocycles. The highest BCUT2D eigenvalue weighted by Gasteiger charge is 2.20. The van der Waals surface area contributed by atoms with Crippen molar-refractivity contribution in [3.8, 4) is 5.75 Å². The Morgan fingerprint density at radius 3 is 2.58 bits per heavy atom. The Morgan fingerprint density at radius 2 is 1.84 bits per heavy atom. The van der Waals surface area contributed by atoms with E-state index in [1.165, 1.54) is 11.1 Å². The number of amides is 1. The molecule has 3 rings (SSSR count).